The number of Topliss-reactive ketones (excluding diaryl/α,β-unsaturated/α-hetero) is 1. The lowest BCUT2D eigenvalue weighted by atomic mass is 10.1. The molecule has 1 aromatic carbocycles. The first kappa shape index (κ1) is 14.0. The highest BCUT2D eigenvalue weighted by atomic mass is 79.9. The SMILES string of the molecule is CC(=O)c1c(OC(F)F)ccc(C(F)F)c1Br. The molecule has 0 amide bonds. The molecule has 0 fully saturated rings. The topological polar surface area (TPSA) is 26.3 Å². The number of rotatable bonds is 4. The van der Waals surface area contributed by atoms with E-state index in [9.17, 15) is 22.4 Å². The lowest BCUT2D eigenvalue weighted by Gasteiger charge is -2.13. The van der Waals surface area contributed by atoms with Gasteiger partial charge in [0.2, 0.25) is 0 Å². The highest BCUT2D eigenvalue weighted by molar-refractivity contribution is 9.10. The largest absolute Gasteiger partial charge is 0.434 e. The summed E-state index contributed by atoms with van der Waals surface area (Å²) in [4.78, 5) is 11.2. The van der Waals surface area contributed by atoms with Crippen molar-refractivity contribution in [1.82, 2.24) is 0 Å². The third kappa shape index (κ3) is 3.18. The van der Waals surface area contributed by atoms with Crippen LogP contribution in [0, 0.1) is 0 Å². The molecule has 0 spiro atoms. The lowest BCUT2D eigenvalue weighted by Crippen LogP contribution is -2.08. The molecule has 17 heavy (non-hydrogen) atoms. The molecule has 94 valence electrons. The maximum absolute atomic E-state index is 12.5. The predicted molar refractivity (Wildman–Crippen MR) is 55.7 cm³/mol. The molecule has 0 bridgehead atoms. The zero-order chi connectivity index (χ0) is 13.2. The third-order valence-electron chi connectivity index (χ3n) is 1.94. The molecule has 0 heterocycles. The Labute approximate surface area is 103 Å². The molecule has 0 atom stereocenters. The number of ether oxygens (including phenoxy) is 1. The molecule has 0 saturated heterocycles. The van der Waals surface area contributed by atoms with Crippen molar-refractivity contribution in [3.05, 3.63) is 27.7 Å². The minimum absolute atomic E-state index is 0.224. The number of carbonyl (C=O) groups excluding carboxylic acids is 1. The number of hydrogen-bond donors (Lipinski definition) is 0. The molecular weight excluding hydrogens is 308 g/mol. The van der Waals surface area contributed by atoms with Crippen LogP contribution in [-0.2, 0) is 0 Å². The molecule has 0 saturated carbocycles. The number of benzene rings is 1. The van der Waals surface area contributed by atoms with Crippen molar-refractivity contribution >= 4 is 21.7 Å². The minimum atomic E-state index is -3.13. The first-order chi connectivity index (χ1) is 7.84. The van der Waals surface area contributed by atoms with E-state index in [1.807, 2.05) is 0 Å². The molecule has 2 nitrogen and oxygen atoms in total. The standard InChI is InChI=1S/C10H7BrF4O2/c1-4(16)7-6(17-10(14)15)3-2-5(8(7)11)9(12)13/h2-3,9-10H,1H3. The molecule has 0 radical (unpaired) electrons. The van der Waals surface area contributed by atoms with E-state index in [4.69, 9.17) is 0 Å². The van der Waals surface area contributed by atoms with Gasteiger partial charge in [-0.05, 0) is 35.0 Å². The van der Waals surface area contributed by atoms with Gasteiger partial charge in [0, 0.05) is 10.0 Å². The van der Waals surface area contributed by atoms with Gasteiger partial charge < -0.3 is 4.74 Å². The normalized spacial score (nSPS) is 11.1. The Morgan fingerprint density at radius 1 is 1.29 bits per heavy atom. The fourth-order valence-corrected chi connectivity index (χ4v) is 2.05. The monoisotopic (exact) mass is 314 g/mol. The Morgan fingerprint density at radius 3 is 2.29 bits per heavy atom. The van der Waals surface area contributed by atoms with E-state index in [1.165, 1.54) is 0 Å². The van der Waals surface area contributed by atoms with Gasteiger partial charge in [0.25, 0.3) is 6.43 Å². The van der Waals surface area contributed by atoms with Gasteiger partial charge in [-0.15, -0.1) is 0 Å². The van der Waals surface area contributed by atoms with Gasteiger partial charge in [-0.1, -0.05) is 0 Å². The Morgan fingerprint density at radius 2 is 1.88 bits per heavy atom. The maximum Gasteiger partial charge on any atom is 0.387 e. The van der Waals surface area contributed by atoms with Crippen molar-refractivity contribution in [3.63, 3.8) is 0 Å². The van der Waals surface area contributed by atoms with Crippen molar-refractivity contribution in [3.8, 4) is 5.75 Å². The van der Waals surface area contributed by atoms with Crippen molar-refractivity contribution in [2.75, 3.05) is 0 Å². The number of alkyl halides is 4. The second kappa shape index (κ2) is 5.48. The van der Waals surface area contributed by atoms with Crippen LogP contribution in [0.5, 0.6) is 5.75 Å². The average Bonchev–Trinajstić information content (AvgIpc) is 2.15. The molecule has 1 aromatic rings. The van der Waals surface area contributed by atoms with Gasteiger partial charge in [0.05, 0.1) is 5.56 Å². The lowest BCUT2D eigenvalue weighted by molar-refractivity contribution is -0.0502. The van der Waals surface area contributed by atoms with Gasteiger partial charge in [0.1, 0.15) is 5.75 Å². The summed E-state index contributed by atoms with van der Waals surface area (Å²) in [7, 11) is 0. The summed E-state index contributed by atoms with van der Waals surface area (Å²) in [6.45, 7) is -2.05. The second-order valence-electron chi connectivity index (χ2n) is 3.08. The number of carbonyl (C=O) groups is 1. The molecule has 0 N–H and O–H groups in total. The third-order valence-corrected chi connectivity index (χ3v) is 2.79. The van der Waals surface area contributed by atoms with E-state index in [0.717, 1.165) is 19.1 Å². The van der Waals surface area contributed by atoms with Crippen LogP contribution in [0.15, 0.2) is 16.6 Å². The van der Waals surface area contributed by atoms with E-state index in [2.05, 4.69) is 20.7 Å². The summed E-state index contributed by atoms with van der Waals surface area (Å²) in [5.74, 6) is -1.07. The molecule has 0 aliphatic rings. The Hall–Kier alpha value is -1.11. The fraction of sp³-hybridized carbons (Fsp3) is 0.300. The first-order valence-electron chi connectivity index (χ1n) is 4.41. The van der Waals surface area contributed by atoms with Crippen LogP contribution in [0.4, 0.5) is 17.6 Å². The van der Waals surface area contributed by atoms with Crippen LogP contribution >= 0.6 is 15.9 Å². The molecular formula is C10H7BrF4O2. The summed E-state index contributed by atoms with van der Waals surface area (Å²) in [5.41, 5.74) is -0.764. The van der Waals surface area contributed by atoms with Crippen LogP contribution in [0.3, 0.4) is 0 Å². The zero-order valence-electron chi connectivity index (χ0n) is 8.52. The van der Waals surface area contributed by atoms with Gasteiger partial charge >= 0.3 is 6.61 Å². The maximum atomic E-state index is 12.5. The molecule has 0 unspecified atom stereocenters. The quantitative estimate of drug-likeness (QED) is 0.615. The molecule has 7 heteroatoms. The van der Waals surface area contributed by atoms with Crippen LogP contribution in [0.2, 0.25) is 0 Å². The van der Waals surface area contributed by atoms with Gasteiger partial charge in [0.15, 0.2) is 5.78 Å². The first-order valence-corrected chi connectivity index (χ1v) is 5.20. The van der Waals surface area contributed by atoms with Crippen molar-refractivity contribution < 1.29 is 27.1 Å². The highest BCUT2D eigenvalue weighted by Gasteiger charge is 2.22. The van der Waals surface area contributed by atoms with Crippen LogP contribution in [-0.4, -0.2) is 12.4 Å². The average molecular weight is 315 g/mol. The van der Waals surface area contributed by atoms with Crippen molar-refractivity contribution in [1.29, 1.82) is 0 Å². The summed E-state index contributed by atoms with van der Waals surface area (Å²) in [6.07, 6.45) is -2.82. The Kier molecular flexibility index (Phi) is 4.50. The van der Waals surface area contributed by atoms with E-state index in [0.29, 0.717) is 0 Å². The van der Waals surface area contributed by atoms with Crippen LogP contribution in [0.25, 0.3) is 0 Å². The van der Waals surface area contributed by atoms with Gasteiger partial charge in [-0.2, -0.15) is 8.78 Å². The molecule has 0 aliphatic heterocycles. The minimum Gasteiger partial charge on any atom is -0.434 e. The number of hydrogen-bond acceptors (Lipinski definition) is 2. The summed E-state index contributed by atoms with van der Waals surface area (Å²) in [6, 6.07) is 1.86. The Balaban J connectivity index is 3.34. The van der Waals surface area contributed by atoms with Crippen molar-refractivity contribution in [2.24, 2.45) is 0 Å². The van der Waals surface area contributed by atoms with Gasteiger partial charge in [-0.25, -0.2) is 8.78 Å². The number of halogens is 5. The highest BCUT2D eigenvalue weighted by Crippen LogP contribution is 2.36. The van der Waals surface area contributed by atoms with E-state index >= 15 is 0 Å². The number of ketones is 1. The van der Waals surface area contributed by atoms with E-state index in [-0.39, 0.29) is 10.0 Å². The summed E-state index contributed by atoms with van der Waals surface area (Å²) in [5, 5.41) is 0. The van der Waals surface area contributed by atoms with E-state index < -0.39 is 30.1 Å². The van der Waals surface area contributed by atoms with Crippen LogP contribution < -0.4 is 4.74 Å². The predicted octanol–water partition coefficient (Wildman–Crippen LogP) is 4.19. The summed E-state index contributed by atoms with van der Waals surface area (Å²) < 4.78 is 53.1. The van der Waals surface area contributed by atoms with E-state index in [1.54, 1.807) is 0 Å². The van der Waals surface area contributed by atoms with Crippen LogP contribution in [0.1, 0.15) is 29.3 Å². The molecule has 0 aliphatic carbocycles. The Bertz CT molecular complexity index is 435. The molecule has 1 rings (SSSR count). The summed E-state index contributed by atoms with van der Waals surface area (Å²) >= 11 is 2.80. The fourth-order valence-electron chi connectivity index (χ4n) is 1.27. The smallest absolute Gasteiger partial charge is 0.387 e. The van der Waals surface area contributed by atoms with Gasteiger partial charge in [-0.3, -0.25) is 4.79 Å². The van der Waals surface area contributed by atoms with Crippen molar-refractivity contribution in [2.45, 2.75) is 20.0 Å². The molecule has 0 aromatic heterocycles. The zero-order valence-corrected chi connectivity index (χ0v) is 10.1. The second-order valence-corrected chi connectivity index (χ2v) is 3.87.